The molecule has 0 saturated heterocycles. The largest absolute Gasteiger partial charge is 0.324 e. The van der Waals surface area contributed by atoms with Crippen molar-refractivity contribution < 1.29 is 4.79 Å². The van der Waals surface area contributed by atoms with E-state index in [0.29, 0.717) is 5.92 Å². The summed E-state index contributed by atoms with van der Waals surface area (Å²) in [6, 6.07) is 14.8. The Morgan fingerprint density at radius 3 is 2.33 bits per heavy atom. The summed E-state index contributed by atoms with van der Waals surface area (Å²) in [6.45, 7) is 6.22. The molecule has 0 bridgehead atoms. The summed E-state index contributed by atoms with van der Waals surface area (Å²) in [5, 5.41) is 2.99. The lowest BCUT2D eigenvalue weighted by Gasteiger charge is -2.19. The van der Waals surface area contributed by atoms with Crippen LogP contribution in [0.5, 0.6) is 0 Å². The molecule has 1 atom stereocenters. The van der Waals surface area contributed by atoms with Crippen LogP contribution in [0.25, 0.3) is 0 Å². The maximum absolute atomic E-state index is 12.4. The normalized spacial score (nSPS) is 12.2. The van der Waals surface area contributed by atoms with Crippen LogP contribution in [0.1, 0.15) is 42.5 Å². The highest BCUT2D eigenvalue weighted by Crippen LogP contribution is 2.28. The van der Waals surface area contributed by atoms with Crippen LogP contribution in [-0.2, 0) is 4.79 Å². The van der Waals surface area contributed by atoms with Crippen molar-refractivity contribution in [2.45, 2.75) is 32.7 Å². The Hall–Kier alpha value is -2.13. The van der Waals surface area contributed by atoms with Gasteiger partial charge >= 0.3 is 0 Å². The third-order valence-corrected chi connectivity index (χ3v) is 3.62. The Morgan fingerprint density at radius 1 is 1.05 bits per heavy atom. The van der Waals surface area contributed by atoms with Gasteiger partial charge in [0.1, 0.15) is 6.04 Å². The summed E-state index contributed by atoms with van der Waals surface area (Å²) in [4.78, 5) is 12.4. The van der Waals surface area contributed by atoms with Crippen molar-refractivity contribution >= 4 is 11.6 Å². The van der Waals surface area contributed by atoms with Gasteiger partial charge in [0.25, 0.3) is 0 Å². The number of carbonyl (C=O) groups is 1. The number of anilines is 1. The zero-order chi connectivity index (χ0) is 15.4. The third-order valence-electron chi connectivity index (χ3n) is 3.62. The van der Waals surface area contributed by atoms with Crippen LogP contribution in [0.3, 0.4) is 0 Å². The molecule has 110 valence electrons. The van der Waals surface area contributed by atoms with E-state index < -0.39 is 6.04 Å². The Kier molecular flexibility index (Phi) is 4.76. The first kappa shape index (κ1) is 15.3. The fourth-order valence-corrected chi connectivity index (χ4v) is 2.36. The van der Waals surface area contributed by atoms with Crippen molar-refractivity contribution in [2.75, 3.05) is 5.32 Å². The standard InChI is InChI=1S/C18H22N2O/c1-12(2)15-11-7-8-13(3)17(15)20-18(21)16(19)14-9-5-4-6-10-14/h4-12,16H,19H2,1-3H3,(H,20,21)/t16-/m1/s1. The number of carbonyl (C=O) groups excluding carboxylic acids is 1. The molecule has 3 heteroatoms. The van der Waals surface area contributed by atoms with E-state index in [9.17, 15) is 4.79 Å². The number of hydrogen-bond acceptors (Lipinski definition) is 2. The molecule has 1 amide bonds. The predicted molar refractivity (Wildman–Crippen MR) is 87.3 cm³/mol. The SMILES string of the molecule is Cc1cccc(C(C)C)c1NC(=O)[C@H](N)c1ccccc1. The lowest BCUT2D eigenvalue weighted by molar-refractivity contribution is -0.117. The number of hydrogen-bond donors (Lipinski definition) is 2. The summed E-state index contributed by atoms with van der Waals surface area (Å²) in [6.07, 6.45) is 0. The molecule has 2 rings (SSSR count). The van der Waals surface area contributed by atoms with Gasteiger partial charge in [-0.15, -0.1) is 0 Å². The summed E-state index contributed by atoms with van der Waals surface area (Å²) < 4.78 is 0. The summed E-state index contributed by atoms with van der Waals surface area (Å²) in [5.41, 5.74) is 9.92. The molecule has 0 aliphatic carbocycles. The molecule has 0 unspecified atom stereocenters. The van der Waals surface area contributed by atoms with Crippen molar-refractivity contribution in [1.82, 2.24) is 0 Å². The van der Waals surface area contributed by atoms with E-state index in [1.54, 1.807) is 0 Å². The molecule has 3 nitrogen and oxygen atoms in total. The van der Waals surface area contributed by atoms with Crippen molar-refractivity contribution in [3.8, 4) is 0 Å². The van der Waals surface area contributed by atoms with Gasteiger partial charge in [-0.3, -0.25) is 4.79 Å². The zero-order valence-corrected chi connectivity index (χ0v) is 12.8. The monoisotopic (exact) mass is 282 g/mol. The van der Waals surface area contributed by atoms with Gasteiger partial charge < -0.3 is 11.1 Å². The van der Waals surface area contributed by atoms with Gasteiger partial charge in [-0.05, 0) is 29.5 Å². The van der Waals surface area contributed by atoms with Crippen LogP contribution in [0.15, 0.2) is 48.5 Å². The zero-order valence-electron chi connectivity index (χ0n) is 12.8. The molecule has 2 aromatic rings. The lowest BCUT2D eigenvalue weighted by atomic mass is 9.97. The first-order chi connectivity index (χ1) is 10.0. The highest BCUT2D eigenvalue weighted by Gasteiger charge is 2.18. The first-order valence-corrected chi connectivity index (χ1v) is 7.21. The Morgan fingerprint density at radius 2 is 1.71 bits per heavy atom. The second kappa shape index (κ2) is 6.55. The minimum atomic E-state index is -0.661. The van der Waals surface area contributed by atoms with Gasteiger partial charge in [0.2, 0.25) is 5.91 Å². The molecule has 0 saturated carbocycles. The van der Waals surface area contributed by atoms with Crippen molar-refractivity contribution in [1.29, 1.82) is 0 Å². The average molecular weight is 282 g/mol. The van der Waals surface area contributed by atoms with E-state index in [0.717, 1.165) is 22.4 Å². The van der Waals surface area contributed by atoms with Crippen LogP contribution in [-0.4, -0.2) is 5.91 Å². The maximum Gasteiger partial charge on any atom is 0.245 e. The highest BCUT2D eigenvalue weighted by atomic mass is 16.2. The summed E-state index contributed by atoms with van der Waals surface area (Å²) >= 11 is 0. The molecule has 2 aromatic carbocycles. The quantitative estimate of drug-likeness (QED) is 0.897. The third kappa shape index (κ3) is 3.50. The number of benzene rings is 2. The number of nitrogens with one attached hydrogen (secondary N) is 1. The van der Waals surface area contributed by atoms with Crippen LogP contribution in [0.2, 0.25) is 0 Å². The molecule has 0 aliphatic heterocycles. The first-order valence-electron chi connectivity index (χ1n) is 7.21. The van der Waals surface area contributed by atoms with Gasteiger partial charge in [-0.25, -0.2) is 0 Å². The predicted octanol–water partition coefficient (Wildman–Crippen LogP) is 3.76. The van der Waals surface area contributed by atoms with Gasteiger partial charge in [0.05, 0.1) is 0 Å². The van der Waals surface area contributed by atoms with E-state index in [4.69, 9.17) is 5.73 Å². The smallest absolute Gasteiger partial charge is 0.245 e. The molecular weight excluding hydrogens is 260 g/mol. The molecule has 0 aliphatic rings. The van der Waals surface area contributed by atoms with E-state index in [2.05, 4.69) is 19.2 Å². The number of amides is 1. The molecule has 0 radical (unpaired) electrons. The van der Waals surface area contributed by atoms with Crippen LogP contribution in [0.4, 0.5) is 5.69 Å². The topological polar surface area (TPSA) is 55.1 Å². The van der Waals surface area contributed by atoms with Crippen molar-refractivity contribution in [2.24, 2.45) is 5.73 Å². The van der Waals surface area contributed by atoms with E-state index in [1.807, 2.05) is 55.5 Å². The van der Waals surface area contributed by atoms with Gasteiger partial charge in [0, 0.05) is 5.69 Å². The van der Waals surface area contributed by atoms with Crippen LogP contribution >= 0.6 is 0 Å². The lowest BCUT2D eigenvalue weighted by Crippen LogP contribution is -2.28. The molecule has 3 N–H and O–H groups in total. The molecule has 0 heterocycles. The average Bonchev–Trinajstić information content (AvgIpc) is 2.49. The van der Waals surface area contributed by atoms with Gasteiger partial charge in [-0.2, -0.15) is 0 Å². The number of aryl methyl sites for hydroxylation is 1. The van der Waals surface area contributed by atoms with E-state index >= 15 is 0 Å². The van der Waals surface area contributed by atoms with Crippen molar-refractivity contribution in [3.05, 3.63) is 65.2 Å². The molecule has 0 spiro atoms. The number of para-hydroxylation sites is 1. The maximum atomic E-state index is 12.4. The molecule has 0 aromatic heterocycles. The Bertz CT molecular complexity index is 620. The van der Waals surface area contributed by atoms with Gasteiger partial charge in [0.15, 0.2) is 0 Å². The van der Waals surface area contributed by atoms with E-state index in [-0.39, 0.29) is 5.91 Å². The molecular formula is C18H22N2O. The minimum absolute atomic E-state index is 0.183. The number of rotatable bonds is 4. The molecule has 21 heavy (non-hydrogen) atoms. The molecule has 0 fully saturated rings. The second-order valence-electron chi connectivity index (χ2n) is 5.57. The van der Waals surface area contributed by atoms with E-state index in [1.165, 1.54) is 0 Å². The van der Waals surface area contributed by atoms with Crippen LogP contribution < -0.4 is 11.1 Å². The van der Waals surface area contributed by atoms with Gasteiger partial charge in [-0.1, -0.05) is 62.4 Å². The minimum Gasteiger partial charge on any atom is -0.324 e. The van der Waals surface area contributed by atoms with Crippen molar-refractivity contribution in [3.63, 3.8) is 0 Å². The Labute approximate surface area is 126 Å². The fraction of sp³-hybridized carbons (Fsp3) is 0.278. The fourth-order valence-electron chi connectivity index (χ4n) is 2.36. The second-order valence-corrected chi connectivity index (χ2v) is 5.57. The number of nitrogens with two attached hydrogens (primary N) is 1. The van der Waals surface area contributed by atoms with Crippen LogP contribution in [0, 0.1) is 6.92 Å². The highest BCUT2D eigenvalue weighted by molar-refractivity contribution is 5.96. The summed E-state index contributed by atoms with van der Waals surface area (Å²) in [7, 11) is 0. The Balaban J connectivity index is 2.24. The summed E-state index contributed by atoms with van der Waals surface area (Å²) in [5.74, 6) is 0.158.